The molecule has 2 rings (SSSR count). The zero-order valence-corrected chi connectivity index (χ0v) is 12.7. The number of carbonyl (C=O) groups is 2. The van der Waals surface area contributed by atoms with Gasteiger partial charge in [0, 0.05) is 11.3 Å². The van der Waals surface area contributed by atoms with E-state index in [1.165, 1.54) is 7.11 Å². The highest BCUT2D eigenvalue weighted by Gasteiger charge is 2.28. The van der Waals surface area contributed by atoms with Crippen molar-refractivity contribution in [2.24, 2.45) is 0 Å². The second-order valence-electron chi connectivity index (χ2n) is 4.71. The first kappa shape index (κ1) is 15.6. The Labute approximate surface area is 128 Å². The third-order valence-corrected chi connectivity index (χ3v) is 3.32. The van der Waals surface area contributed by atoms with Crippen LogP contribution >= 0.6 is 0 Å². The quantitative estimate of drug-likeness (QED) is 0.832. The number of urea groups is 1. The molecule has 0 saturated heterocycles. The fraction of sp³-hybridized carbons (Fsp3) is 0.250. The first-order valence-corrected chi connectivity index (χ1v) is 6.74. The molecule has 1 aromatic carbocycles. The van der Waals surface area contributed by atoms with Crippen molar-refractivity contribution >= 4 is 18.1 Å². The van der Waals surface area contributed by atoms with Gasteiger partial charge in [0.25, 0.3) is 0 Å². The van der Waals surface area contributed by atoms with Crippen molar-refractivity contribution in [3.05, 3.63) is 47.2 Å². The predicted octanol–water partition coefficient (Wildman–Crippen LogP) is 1.84. The molecule has 1 aliphatic rings. The molecule has 2 N–H and O–H groups in total. The molecule has 0 radical (unpaired) electrons. The molecule has 22 heavy (non-hydrogen) atoms. The van der Waals surface area contributed by atoms with Gasteiger partial charge >= 0.3 is 12.0 Å². The van der Waals surface area contributed by atoms with Gasteiger partial charge in [-0.1, -0.05) is 30.4 Å². The zero-order valence-electron chi connectivity index (χ0n) is 12.7. The number of benzene rings is 1. The Morgan fingerprint density at radius 2 is 2.00 bits per heavy atom. The molecule has 1 heterocycles. The Balaban J connectivity index is 2.33. The Hall–Kier alpha value is -2.76. The number of hydrogen-bond acceptors (Lipinski definition) is 4. The number of ether oxygens (including phenoxy) is 2. The summed E-state index contributed by atoms with van der Waals surface area (Å²) in [6.07, 6.45) is 3.53. The van der Waals surface area contributed by atoms with E-state index < -0.39 is 12.0 Å². The fourth-order valence-corrected chi connectivity index (χ4v) is 2.26. The van der Waals surface area contributed by atoms with Crippen LogP contribution in [0.2, 0.25) is 0 Å². The van der Waals surface area contributed by atoms with Crippen molar-refractivity contribution in [3.63, 3.8) is 0 Å². The van der Waals surface area contributed by atoms with E-state index in [-0.39, 0.29) is 6.03 Å². The van der Waals surface area contributed by atoms with Crippen LogP contribution in [0.3, 0.4) is 0 Å². The number of esters is 1. The molecule has 0 saturated carbocycles. The maximum Gasteiger partial charge on any atom is 0.337 e. The monoisotopic (exact) mass is 302 g/mol. The van der Waals surface area contributed by atoms with E-state index in [4.69, 9.17) is 9.47 Å². The molecule has 1 aromatic rings. The smallest absolute Gasteiger partial charge is 0.337 e. The van der Waals surface area contributed by atoms with E-state index in [1.807, 2.05) is 24.3 Å². The number of carbonyl (C=O) groups excluding carboxylic acids is 2. The van der Waals surface area contributed by atoms with Gasteiger partial charge in [0.1, 0.15) is 5.75 Å². The van der Waals surface area contributed by atoms with E-state index >= 15 is 0 Å². The summed E-state index contributed by atoms with van der Waals surface area (Å²) in [5, 5.41) is 5.25. The van der Waals surface area contributed by atoms with Crippen LogP contribution in [0.25, 0.3) is 6.08 Å². The first-order chi connectivity index (χ1) is 10.6. The lowest BCUT2D eigenvalue weighted by Gasteiger charge is -2.25. The summed E-state index contributed by atoms with van der Waals surface area (Å²) >= 11 is 0. The molecule has 1 aliphatic heterocycles. The molecule has 0 spiro atoms. The van der Waals surface area contributed by atoms with Crippen LogP contribution in [0.15, 0.2) is 41.6 Å². The molecular weight excluding hydrogens is 284 g/mol. The summed E-state index contributed by atoms with van der Waals surface area (Å²) in [7, 11) is 2.89. The van der Waals surface area contributed by atoms with E-state index in [0.717, 1.165) is 5.56 Å². The van der Waals surface area contributed by atoms with Crippen molar-refractivity contribution in [3.8, 4) is 5.75 Å². The first-order valence-electron chi connectivity index (χ1n) is 6.74. The van der Waals surface area contributed by atoms with Gasteiger partial charge in [0.15, 0.2) is 0 Å². The predicted molar refractivity (Wildman–Crippen MR) is 82.2 cm³/mol. The third kappa shape index (κ3) is 3.28. The average molecular weight is 302 g/mol. The molecule has 1 atom stereocenters. The number of rotatable bonds is 4. The number of methoxy groups -OCH3 is 2. The van der Waals surface area contributed by atoms with Gasteiger partial charge in [-0.3, -0.25) is 0 Å². The number of amides is 2. The van der Waals surface area contributed by atoms with Crippen LogP contribution in [0.1, 0.15) is 12.5 Å². The maximum atomic E-state index is 11.9. The summed E-state index contributed by atoms with van der Waals surface area (Å²) in [4.78, 5) is 23.5. The molecule has 116 valence electrons. The number of para-hydroxylation sites is 1. The lowest BCUT2D eigenvalue weighted by Crippen LogP contribution is -2.49. The van der Waals surface area contributed by atoms with Gasteiger partial charge in [-0.25, -0.2) is 9.59 Å². The topological polar surface area (TPSA) is 76.7 Å². The highest BCUT2D eigenvalue weighted by atomic mass is 16.5. The molecule has 0 unspecified atom stereocenters. The second-order valence-corrected chi connectivity index (χ2v) is 4.71. The standard InChI is InChI=1S/C16H18N2O4/c1-10-14(15(19)22-3)12(18-16(20)17-10)9-8-11-6-4-5-7-13(11)21-2/h4-9,12H,1-3H3,(H2,17,18,20)/b9-8+/t12-/m1/s1. The van der Waals surface area contributed by atoms with Crippen LogP contribution < -0.4 is 15.4 Å². The summed E-state index contributed by atoms with van der Waals surface area (Å²) in [6, 6.07) is 6.54. The molecule has 0 aliphatic carbocycles. The normalized spacial score (nSPS) is 18.0. The lowest BCUT2D eigenvalue weighted by atomic mass is 10.0. The van der Waals surface area contributed by atoms with E-state index in [2.05, 4.69) is 10.6 Å². The van der Waals surface area contributed by atoms with Crippen LogP contribution in [0.4, 0.5) is 4.79 Å². The minimum atomic E-state index is -0.564. The van der Waals surface area contributed by atoms with Gasteiger partial charge in [-0.2, -0.15) is 0 Å². The number of nitrogens with one attached hydrogen (secondary N) is 2. The van der Waals surface area contributed by atoms with Gasteiger partial charge in [-0.15, -0.1) is 0 Å². The van der Waals surface area contributed by atoms with Crippen molar-refractivity contribution in [2.75, 3.05) is 14.2 Å². The lowest BCUT2D eigenvalue weighted by molar-refractivity contribution is -0.136. The molecule has 0 fully saturated rings. The van der Waals surface area contributed by atoms with Crippen LogP contribution in [-0.4, -0.2) is 32.3 Å². The van der Waals surface area contributed by atoms with Crippen molar-refractivity contribution in [1.29, 1.82) is 0 Å². The van der Waals surface area contributed by atoms with Gasteiger partial charge in [0.2, 0.25) is 0 Å². The molecule has 2 amide bonds. The average Bonchev–Trinajstić information content (AvgIpc) is 2.52. The minimum Gasteiger partial charge on any atom is -0.496 e. The summed E-state index contributed by atoms with van der Waals surface area (Å²) < 4.78 is 10.0. The van der Waals surface area contributed by atoms with Gasteiger partial charge in [0.05, 0.1) is 25.8 Å². The summed E-state index contributed by atoms with van der Waals surface area (Å²) in [5.41, 5.74) is 1.69. The molecular formula is C16H18N2O4. The Kier molecular flexibility index (Phi) is 4.83. The Bertz CT molecular complexity index is 649. The minimum absolute atomic E-state index is 0.361. The molecule has 6 heteroatoms. The highest BCUT2D eigenvalue weighted by molar-refractivity contribution is 5.95. The third-order valence-electron chi connectivity index (χ3n) is 3.32. The summed E-state index contributed by atoms with van der Waals surface area (Å²) in [6.45, 7) is 1.66. The van der Waals surface area contributed by atoms with E-state index in [9.17, 15) is 9.59 Å². The largest absolute Gasteiger partial charge is 0.496 e. The number of hydrogen-bond donors (Lipinski definition) is 2. The molecule has 0 aromatic heterocycles. The Morgan fingerprint density at radius 1 is 1.27 bits per heavy atom. The van der Waals surface area contributed by atoms with Gasteiger partial charge < -0.3 is 20.1 Å². The molecule has 6 nitrogen and oxygen atoms in total. The fourth-order valence-electron chi connectivity index (χ4n) is 2.26. The maximum absolute atomic E-state index is 11.9. The summed E-state index contributed by atoms with van der Waals surface area (Å²) in [5.74, 6) is 0.221. The van der Waals surface area contributed by atoms with Gasteiger partial charge in [-0.05, 0) is 13.0 Å². The highest BCUT2D eigenvalue weighted by Crippen LogP contribution is 2.21. The van der Waals surface area contributed by atoms with Crippen LogP contribution in [-0.2, 0) is 9.53 Å². The second kappa shape index (κ2) is 6.80. The van der Waals surface area contributed by atoms with Crippen LogP contribution in [0.5, 0.6) is 5.75 Å². The van der Waals surface area contributed by atoms with Crippen LogP contribution in [0, 0.1) is 0 Å². The van der Waals surface area contributed by atoms with Crippen molar-refractivity contribution in [1.82, 2.24) is 10.6 Å². The van der Waals surface area contributed by atoms with E-state index in [1.54, 1.807) is 26.2 Å². The van der Waals surface area contributed by atoms with Crippen molar-refractivity contribution in [2.45, 2.75) is 13.0 Å². The van der Waals surface area contributed by atoms with Crippen molar-refractivity contribution < 1.29 is 19.1 Å². The Morgan fingerprint density at radius 3 is 2.68 bits per heavy atom. The van der Waals surface area contributed by atoms with E-state index in [0.29, 0.717) is 17.0 Å². The number of allylic oxidation sites excluding steroid dienone is 1. The SMILES string of the molecule is COC(=O)C1=C(C)NC(=O)N[C@@H]1/C=C/c1ccccc1OC. The zero-order chi connectivity index (χ0) is 16.1. The molecule has 0 bridgehead atoms.